The first-order valence-electron chi connectivity index (χ1n) is 9.71. The van der Waals surface area contributed by atoms with Crippen molar-refractivity contribution in [2.45, 2.75) is 44.4 Å². The minimum Gasteiger partial charge on any atom is -0.491 e. The topological polar surface area (TPSA) is 85.5 Å². The molecule has 0 bridgehead atoms. The molecule has 1 heterocycles. The average Bonchev–Trinajstić information content (AvgIpc) is 3.19. The molecule has 0 aliphatic carbocycles. The van der Waals surface area contributed by atoms with Crippen LogP contribution in [-0.4, -0.2) is 39.6 Å². The van der Waals surface area contributed by atoms with E-state index in [-0.39, 0.29) is 17.8 Å². The van der Waals surface area contributed by atoms with Crippen LogP contribution in [0.1, 0.15) is 43.6 Å². The van der Waals surface area contributed by atoms with E-state index >= 15 is 0 Å². The van der Waals surface area contributed by atoms with Gasteiger partial charge in [0.1, 0.15) is 12.4 Å². The normalized spacial score (nSPS) is 12.6. The summed E-state index contributed by atoms with van der Waals surface area (Å²) >= 11 is 1.28. The molecule has 6 nitrogen and oxygen atoms in total. The molecule has 2 aromatic carbocycles. The number of carbonyl (C=O) groups is 1. The van der Waals surface area contributed by atoms with E-state index in [4.69, 9.17) is 9.15 Å². The SMILES string of the molecule is CC(=O)c1ccc(OCC(O)CSc2nnc(-c3ccc(C(C)(C)C)cc3)o2)cc1. The number of benzene rings is 2. The van der Waals surface area contributed by atoms with Crippen molar-refractivity contribution in [3.05, 3.63) is 59.7 Å². The maximum Gasteiger partial charge on any atom is 0.276 e. The number of rotatable bonds is 8. The fourth-order valence-corrected chi connectivity index (χ4v) is 3.36. The van der Waals surface area contributed by atoms with Gasteiger partial charge in [0.25, 0.3) is 5.22 Å². The van der Waals surface area contributed by atoms with Gasteiger partial charge in [-0.3, -0.25) is 4.79 Å². The van der Waals surface area contributed by atoms with Crippen LogP contribution in [0.5, 0.6) is 5.75 Å². The van der Waals surface area contributed by atoms with E-state index in [1.165, 1.54) is 24.2 Å². The molecule has 3 rings (SSSR count). The molecule has 30 heavy (non-hydrogen) atoms. The van der Waals surface area contributed by atoms with Crippen LogP contribution in [0.15, 0.2) is 58.2 Å². The predicted octanol–water partition coefficient (Wildman–Crippen LogP) is 4.77. The molecule has 0 aliphatic heterocycles. The Morgan fingerprint density at radius 1 is 1.10 bits per heavy atom. The van der Waals surface area contributed by atoms with Crippen molar-refractivity contribution < 1.29 is 19.1 Å². The van der Waals surface area contributed by atoms with Crippen molar-refractivity contribution in [3.63, 3.8) is 0 Å². The van der Waals surface area contributed by atoms with Crippen molar-refractivity contribution in [3.8, 4) is 17.2 Å². The number of nitrogens with zero attached hydrogens (tertiary/aromatic N) is 2. The van der Waals surface area contributed by atoms with Crippen LogP contribution in [0.3, 0.4) is 0 Å². The molecular weight excluding hydrogens is 400 g/mol. The van der Waals surface area contributed by atoms with Crippen LogP contribution in [0.4, 0.5) is 0 Å². The molecule has 0 amide bonds. The highest BCUT2D eigenvalue weighted by Crippen LogP contribution is 2.27. The lowest BCUT2D eigenvalue weighted by atomic mass is 9.87. The molecule has 1 unspecified atom stereocenters. The van der Waals surface area contributed by atoms with Crippen molar-refractivity contribution in [1.82, 2.24) is 10.2 Å². The second-order valence-corrected chi connectivity index (χ2v) is 9.03. The lowest BCUT2D eigenvalue weighted by Crippen LogP contribution is -2.20. The van der Waals surface area contributed by atoms with Crippen molar-refractivity contribution >= 4 is 17.5 Å². The Bertz CT molecular complexity index is 976. The first-order valence-corrected chi connectivity index (χ1v) is 10.7. The summed E-state index contributed by atoms with van der Waals surface area (Å²) in [5.41, 5.74) is 2.81. The molecule has 1 N–H and O–H groups in total. The number of Topliss-reactive ketones (excluding diaryl/α,β-unsaturated/α-hetero) is 1. The highest BCUT2D eigenvalue weighted by Gasteiger charge is 2.16. The van der Waals surface area contributed by atoms with E-state index in [1.807, 2.05) is 12.1 Å². The number of ketones is 1. The Kier molecular flexibility index (Phi) is 6.95. The van der Waals surface area contributed by atoms with Gasteiger partial charge in [0.05, 0.1) is 6.10 Å². The van der Waals surface area contributed by atoms with Gasteiger partial charge >= 0.3 is 0 Å². The molecule has 0 aliphatic rings. The third-order valence-corrected chi connectivity index (χ3v) is 5.47. The Morgan fingerprint density at radius 2 is 1.77 bits per heavy atom. The smallest absolute Gasteiger partial charge is 0.276 e. The Hall–Kier alpha value is -2.64. The highest BCUT2D eigenvalue weighted by molar-refractivity contribution is 7.99. The number of aliphatic hydroxyl groups excluding tert-OH is 1. The molecule has 7 heteroatoms. The van der Waals surface area contributed by atoms with Gasteiger partial charge in [-0.1, -0.05) is 44.7 Å². The van der Waals surface area contributed by atoms with Gasteiger partial charge in [-0.15, -0.1) is 10.2 Å². The van der Waals surface area contributed by atoms with E-state index < -0.39 is 6.10 Å². The fraction of sp³-hybridized carbons (Fsp3) is 0.348. The monoisotopic (exact) mass is 426 g/mol. The second-order valence-electron chi connectivity index (χ2n) is 8.06. The largest absolute Gasteiger partial charge is 0.491 e. The summed E-state index contributed by atoms with van der Waals surface area (Å²) in [6.07, 6.45) is -0.705. The van der Waals surface area contributed by atoms with Crippen LogP contribution < -0.4 is 4.74 Å². The van der Waals surface area contributed by atoms with Gasteiger partial charge in [-0.2, -0.15) is 0 Å². The standard InChI is InChI=1S/C23H26N2O4S/c1-15(26)16-7-11-20(12-8-16)28-13-19(27)14-30-22-25-24-21(29-22)17-5-9-18(10-6-17)23(2,3)4/h5-12,19,27H,13-14H2,1-4H3. The number of aliphatic hydroxyl groups is 1. The first kappa shape index (κ1) is 22.1. The van der Waals surface area contributed by atoms with Gasteiger partial charge in [0.2, 0.25) is 5.89 Å². The Balaban J connectivity index is 1.49. The predicted molar refractivity (Wildman–Crippen MR) is 117 cm³/mol. The molecule has 0 radical (unpaired) electrons. The fourth-order valence-electron chi connectivity index (χ4n) is 2.69. The van der Waals surface area contributed by atoms with Crippen LogP contribution in [0.25, 0.3) is 11.5 Å². The average molecular weight is 427 g/mol. The number of hydrogen-bond donors (Lipinski definition) is 1. The lowest BCUT2D eigenvalue weighted by molar-refractivity contribution is 0.101. The highest BCUT2D eigenvalue weighted by atomic mass is 32.2. The minimum atomic E-state index is -0.705. The summed E-state index contributed by atoms with van der Waals surface area (Å²) in [5, 5.41) is 18.7. The first-order chi connectivity index (χ1) is 14.2. The molecule has 0 spiro atoms. The minimum absolute atomic E-state index is 0.00190. The number of aromatic nitrogens is 2. The van der Waals surface area contributed by atoms with Crippen LogP contribution in [-0.2, 0) is 5.41 Å². The zero-order chi connectivity index (χ0) is 21.7. The van der Waals surface area contributed by atoms with E-state index in [1.54, 1.807) is 24.3 Å². The summed E-state index contributed by atoms with van der Waals surface area (Å²) in [6, 6.07) is 14.9. The molecule has 158 valence electrons. The van der Waals surface area contributed by atoms with E-state index in [9.17, 15) is 9.90 Å². The van der Waals surface area contributed by atoms with Crippen LogP contribution in [0.2, 0.25) is 0 Å². The zero-order valence-electron chi connectivity index (χ0n) is 17.6. The lowest BCUT2D eigenvalue weighted by Gasteiger charge is -2.18. The summed E-state index contributed by atoms with van der Waals surface area (Å²) in [6.45, 7) is 8.14. The third-order valence-electron chi connectivity index (χ3n) is 4.51. The molecular formula is C23H26N2O4S. The molecule has 3 aromatic rings. The molecule has 0 saturated heterocycles. The van der Waals surface area contributed by atoms with Gasteiger partial charge in [-0.25, -0.2) is 0 Å². The number of hydrogen-bond acceptors (Lipinski definition) is 7. The summed E-state index contributed by atoms with van der Waals surface area (Å²) in [7, 11) is 0. The van der Waals surface area contributed by atoms with Gasteiger partial charge in [0, 0.05) is 16.9 Å². The number of thioether (sulfide) groups is 1. The maximum atomic E-state index is 11.3. The molecule has 0 fully saturated rings. The summed E-state index contributed by atoms with van der Waals surface area (Å²) in [4.78, 5) is 11.3. The zero-order valence-corrected chi connectivity index (χ0v) is 18.4. The van der Waals surface area contributed by atoms with Gasteiger partial charge in [-0.05, 0) is 54.3 Å². The second kappa shape index (κ2) is 9.45. The van der Waals surface area contributed by atoms with Crippen molar-refractivity contribution in [2.24, 2.45) is 0 Å². The van der Waals surface area contributed by atoms with Crippen LogP contribution in [0, 0.1) is 0 Å². The number of carbonyl (C=O) groups excluding carboxylic acids is 1. The Labute approximate surface area is 180 Å². The van der Waals surface area contributed by atoms with Crippen molar-refractivity contribution in [2.75, 3.05) is 12.4 Å². The van der Waals surface area contributed by atoms with Crippen molar-refractivity contribution in [1.29, 1.82) is 0 Å². The van der Waals surface area contributed by atoms with E-state index in [0.29, 0.717) is 28.2 Å². The van der Waals surface area contributed by atoms with Gasteiger partial charge in [0.15, 0.2) is 5.78 Å². The number of ether oxygens (including phenoxy) is 1. The summed E-state index contributed by atoms with van der Waals surface area (Å²) < 4.78 is 11.3. The van der Waals surface area contributed by atoms with E-state index in [0.717, 1.165) is 5.56 Å². The van der Waals surface area contributed by atoms with Crippen LogP contribution >= 0.6 is 11.8 Å². The van der Waals surface area contributed by atoms with E-state index in [2.05, 4.69) is 43.1 Å². The molecule has 1 aromatic heterocycles. The summed E-state index contributed by atoms with van der Waals surface area (Å²) in [5.74, 6) is 1.41. The molecule has 0 saturated carbocycles. The quantitative estimate of drug-likeness (QED) is 0.410. The maximum absolute atomic E-state index is 11.3. The van der Waals surface area contributed by atoms with Gasteiger partial charge < -0.3 is 14.3 Å². The molecule has 1 atom stereocenters. The third kappa shape index (κ3) is 5.93. The Morgan fingerprint density at radius 3 is 2.37 bits per heavy atom.